The Labute approximate surface area is 246 Å². The number of aliphatic hydroxyl groups excluding tert-OH is 2. The van der Waals surface area contributed by atoms with E-state index in [2.05, 4.69) is 10.2 Å². The maximum absolute atomic E-state index is 12.4. The molecule has 4 rings (SSSR count). The third-order valence-corrected chi connectivity index (χ3v) is 7.64. The summed E-state index contributed by atoms with van der Waals surface area (Å²) in [4.78, 5) is 25.2. The second kappa shape index (κ2) is 15.0. The number of carbonyl (C=O) groups is 2. The first-order valence-corrected chi connectivity index (χ1v) is 14.3. The number of anilines is 1. The molecule has 0 aliphatic carbocycles. The van der Waals surface area contributed by atoms with Crippen LogP contribution in [0.2, 0.25) is 0 Å². The lowest BCUT2D eigenvalue weighted by Crippen LogP contribution is -2.43. The highest BCUT2D eigenvalue weighted by molar-refractivity contribution is 5.90. The number of rotatable bonds is 13. The molecule has 0 radical (unpaired) electrons. The van der Waals surface area contributed by atoms with Gasteiger partial charge in [-0.25, -0.2) is 0 Å². The van der Waals surface area contributed by atoms with Crippen molar-refractivity contribution in [1.29, 1.82) is 0 Å². The number of nitrogens with zero attached hydrogens (tertiary/aromatic N) is 1. The van der Waals surface area contributed by atoms with Gasteiger partial charge in [0.05, 0.1) is 24.9 Å². The monoisotopic (exact) mass is 576 g/mol. The first-order chi connectivity index (χ1) is 20.2. The minimum absolute atomic E-state index is 0.0403. The lowest BCUT2D eigenvalue weighted by Gasteiger charge is -2.39. The summed E-state index contributed by atoms with van der Waals surface area (Å²) in [5, 5.41) is 32.1. The van der Waals surface area contributed by atoms with Gasteiger partial charge in [-0.05, 0) is 49.2 Å². The molecule has 1 aliphatic rings. The Morgan fingerprint density at radius 3 is 2.40 bits per heavy atom. The summed E-state index contributed by atoms with van der Waals surface area (Å²) >= 11 is 0. The van der Waals surface area contributed by atoms with Crippen LogP contribution in [0.1, 0.15) is 73.4 Å². The average molecular weight is 577 g/mol. The second-order valence-corrected chi connectivity index (χ2v) is 10.8. The summed E-state index contributed by atoms with van der Waals surface area (Å²) in [7, 11) is 1.97. The standard InChI is InChI=1S/C33H40N2O7/c1-22(32(40)25-8-4-3-5-9-25)35(2)20-28-19-29(24-16-14-23(21-36)15-17-24)42-33(41-28)26-10-6-11-27(18-26)34-30(37)12-7-13-31(38)39/h3-6,8-11,14-18,22,28-29,32-33,36,40H,7,12-13,19-21H2,1-2H3,(H,34,37)(H,38,39). The average Bonchev–Trinajstić information content (AvgIpc) is 3.00. The summed E-state index contributed by atoms with van der Waals surface area (Å²) in [5.41, 5.74) is 3.94. The van der Waals surface area contributed by atoms with Gasteiger partial charge in [0.25, 0.3) is 0 Å². The Kier molecular flexibility index (Phi) is 11.2. The van der Waals surface area contributed by atoms with Gasteiger partial charge in [0, 0.05) is 43.1 Å². The van der Waals surface area contributed by atoms with Crippen LogP contribution < -0.4 is 5.32 Å². The van der Waals surface area contributed by atoms with Crippen LogP contribution in [-0.4, -0.2) is 57.8 Å². The zero-order chi connectivity index (χ0) is 30.1. The molecular formula is C33H40N2O7. The highest BCUT2D eigenvalue weighted by atomic mass is 16.7. The van der Waals surface area contributed by atoms with Gasteiger partial charge in [-0.3, -0.25) is 14.5 Å². The Morgan fingerprint density at radius 2 is 1.71 bits per heavy atom. The number of benzene rings is 3. The van der Waals surface area contributed by atoms with E-state index in [1.807, 2.05) is 80.7 Å². The molecule has 5 atom stereocenters. The number of ether oxygens (including phenoxy) is 2. The van der Waals surface area contributed by atoms with E-state index >= 15 is 0 Å². The SMILES string of the molecule is CC(C(O)c1ccccc1)N(C)CC1CC(c2ccc(CO)cc2)OC(c2cccc(NC(=O)CCCC(=O)O)c2)O1. The molecule has 3 aromatic carbocycles. The van der Waals surface area contributed by atoms with Crippen molar-refractivity contribution in [1.82, 2.24) is 4.90 Å². The highest BCUT2D eigenvalue weighted by Crippen LogP contribution is 2.39. The van der Waals surface area contributed by atoms with Gasteiger partial charge in [0.1, 0.15) is 0 Å². The summed E-state index contributed by atoms with van der Waals surface area (Å²) in [6.07, 6.45) is -0.974. The Bertz CT molecular complexity index is 1300. The zero-order valence-electron chi connectivity index (χ0n) is 24.1. The fraction of sp³-hybridized carbons (Fsp3) is 0.394. The number of nitrogens with one attached hydrogen (secondary N) is 1. The van der Waals surface area contributed by atoms with Crippen LogP contribution in [0.15, 0.2) is 78.9 Å². The summed E-state index contributed by atoms with van der Waals surface area (Å²) in [5.74, 6) is -1.19. The molecule has 0 bridgehead atoms. The quantitative estimate of drug-likeness (QED) is 0.225. The molecule has 0 spiro atoms. The number of carboxylic acid groups (broad SMARTS) is 1. The topological polar surface area (TPSA) is 129 Å². The molecule has 9 heteroatoms. The predicted octanol–water partition coefficient (Wildman–Crippen LogP) is 4.97. The lowest BCUT2D eigenvalue weighted by atomic mass is 9.98. The van der Waals surface area contributed by atoms with Crippen LogP contribution >= 0.6 is 0 Å². The molecule has 224 valence electrons. The molecule has 9 nitrogen and oxygen atoms in total. The number of aliphatic carboxylic acids is 1. The normalized spacial score (nSPS) is 20.2. The zero-order valence-corrected chi connectivity index (χ0v) is 24.1. The van der Waals surface area contributed by atoms with Gasteiger partial charge < -0.3 is 30.1 Å². The van der Waals surface area contributed by atoms with Gasteiger partial charge in [-0.1, -0.05) is 66.7 Å². The van der Waals surface area contributed by atoms with Crippen LogP contribution in [0, 0.1) is 0 Å². The number of carbonyl (C=O) groups excluding carboxylic acids is 1. The molecular weight excluding hydrogens is 536 g/mol. The van der Waals surface area contributed by atoms with E-state index in [1.165, 1.54) is 0 Å². The fourth-order valence-corrected chi connectivity index (χ4v) is 5.08. The molecule has 1 saturated heterocycles. The van der Waals surface area contributed by atoms with E-state index in [0.717, 1.165) is 22.3 Å². The van der Waals surface area contributed by atoms with Crippen LogP contribution in [0.5, 0.6) is 0 Å². The van der Waals surface area contributed by atoms with Crippen molar-refractivity contribution in [3.63, 3.8) is 0 Å². The van der Waals surface area contributed by atoms with E-state index < -0.39 is 18.4 Å². The Morgan fingerprint density at radius 1 is 0.976 bits per heavy atom. The van der Waals surface area contributed by atoms with Crippen molar-refractivity contribution in [2.24, 2.45) is 0 Å². The maximum atomic E-state index is 12.4. The molecule has 3 aromatic rings. The third-order valence-electron chi connectivity index (χ3n) is 7.64. The molecule has 0 saturated carbocycles. The van der Waals surface area contributed by atoms with Crippen LogP contribution in [0.3, 0.4) is 0 Å². The van der Waals surface area contributed by atoms with Crippen molar-refractivity contribution >= 4 is 17.6 Å². The van der Waals surface area contributed by atoms with E-state index in [4.69, 9.17) is 14.6 Å². The Hall–Kier alpha value is -3.60. The number of hydrogen-bond acceptors (Lipinski definition) is 7. The minimum Gasteiger partial charge on any atom is -0.481 e. The van der Waals surface area contributed by atoms with Crippen molar-refractivity contribution in [2.75, 3.05) is 18.9 Å². The first kappa shape index (κ1) is 31.3. The molecule has 42 heavy (non-hydrogen) atoms. The van der Waals surface area contributed by atoms with E-state index in [9.17, 15) is 19.8 Å². The van der Waals surface area contributed by atoms with Crippen LogP contribution in [0.4, 0.5) is 5.69 Å². The lowest BCUT2D eigenvalue weighted by molar-refractivity contribution is -0.253. The number of amides is 1. The van der Waals surface area contributed by atoms with Gasteiger partial charge in [-0.15, -0.1) is 0 Å². The molecule has 0 aromatic heterocycles. The van der Waals surface area contributed by atoms with Gasteiger partial charge >= 0.3 is 5.97 Å². The number of hydrogen-bond donors (Lipinski definition) is 4. The highest BCUT2D eigenvalue weighted by Gasteiger charge is 2.34. The minimum atomic E-state index is -0.930. The van der Waals surface area contributed by atoms with E-state index in [-0.39, 0.29) is 50.0 Å². The molecule has 1 fully saturated rings. The largest absolute Gasteiger partial charge is 0.481 e. The van der Waals surface area contributed by atoms with Gasteiger partial charge in [0.2, 0.25) is 5.91 Å². The number of carboxylic acids is 1. The van der Waals surface area contributed by atoms with E-state index in [0.29, 0.717) is 18.7 Å². The first-order valence-electron chi connectivity index (χ1n) is 14.3. The Balaban J connectivity index is 1.50. The summed E-state index contributed by atoms with van der Waals surface area (Å²) < 4.78 is 12.9. The summed E-state index contributed by atoms with van der Waals surface area (Å²) in [6, 6.07) is 24.3. The molecule has 4 N–H and O–H groups in total. The number of aliphatic hydroxyl groups is 2. The molecule has 1 amide bonds. The van der Waals surface area contributed by atoms with Crippen molar-refractivity contribution in [3.8, 4) is 0 Å². The predicted molar refractivity (Wildman–Crippen MR) is 158 cm³/mol. The molecule has 1 aliphatic heterocycles. The van der Waals surface area contributed by atoms with Crippen molar-refractivity contribution in [3.05, 3.63) is 101 Å². The third kappa shape index (κ3) is 8.70. The van der Waals surface area contributed by atoms with Gasteiger partial charge in [0.15, 0.2) is 6.29 Å². The smallest absolute Gasteiger partial charge is 0.303 e. The van der Waals surface area contributed by atoms with Crippen LogP contribution in [0.25, 0.3) is 0 Å². The fourth-order valence-electron chi connectivity index (χ4n) is 5.08. The van der Waals surface area contributed by atoms with Crippen molar-refractivity contribution in [2.45, 2.75) is 69.9 Å². The summed E-state index contributed by atoms with van der Waals surface area (Å²) in [6.45, 7) is 2.50. The molecule has 5 unspecified atom stereocenters. The van der Waals surface area contributed by atoms with Crippen LogP contribution in [-0.2, 0) is 25.7 Å². The molecule has 1 heterocycles. The second-order valence-electron chi connectivity index (χ2n) is 10.8. The van der Waals surface area contributed by atoms with Gasteiger partial charge in [-0.2, -0.15) is 0 Å². The van der Waals surface area contributed by atoms with Crippen molar-refractivity contribution < 1.29 is 34.4 Å². The maximum Gasteiger partial charge on any atom is 0.303 e. The van der Waals surface area contributed by atoms with E-state index in [1.54, 1.807) is 12.1 Å². The number of likely N-dealkylation sites (N-methyl/N-ethyl adjacent to an activating group) is 1.